The summed E-state index contributed by atoms with van der Waals surface area (Å²) in [4.78, 5) is 24.5. The summed E-state index contributed by atoms with van der Waals surface area (Å²) in [6.07, 6.45) is 3.68. The standard InChI is InChI=1S/C17H19N3O7S/c1-20-8-4-5-12(20)17(23)18-19-28(24,25)14-10-11(6-7-15(21)22)9-13(26-2)16(14)27-3/h4-10,19H,1-3H3,(H,18,23)(H,21,22)/b7-6+. The quantitative estimate of drug-likeness (QED) is 0.433. The zero-order valence-corrected chi connectivity index (χ0v) is 16.1. The highest BCUT2D eigenvalue weighted by atomic mass is 32.2. The summed E-state index contributed by atoms with van der Waals surface area (Å²) in [5.41, 5.74) is 2.60. The minimum absolute atomic E-state index is 0.0733. The molecule has 0 aliphatic heterocycles. The van der Waals surface area contributed by atoms with E-state index in [1.807, 2.05) is 4.83 Å². The van der Waals surface area contributed by atoms with E-state index in [9.17, 15) is 18.0 Å². The minimum Gasteiger partial charge on any atom is -0.493 e. The fourth-order valence-electron chi connectivity index (χ4n) is 2.34. The van der Waals surface area contributed by atoms with Crippen molar-refractivity contribution < 1.29 is 32.6 Å². The molecule has 150 valence electrons. The summed E-state index contributed by atoms with van der Waals surface area (Å²) in [7, 11) is -0.0735. The molecule has 10 nitrogen and oxygen atoms in total. The number of nitrogens with zero attached hydrogens (tertiary/aromatic N) is 1. The summed E-state index contributed by atoms with van der Waals surface area (Å²) >= 11 is 0. The monoisotopic (exact) mass is 409 g/mol. The lowest BCUT2D eigenvalue weighted by Crippen LogP contribution is -2.42. The maximum atomic E-state index is 12.7. The molecule has 0 unspecified atom stereocenters. The summed E-state index contributed by atoms with van der Waals surface area (Å²) in [6, 6.07) is 5.76. The van der Waals surface area contributed by atoms with Crippen LogP contribution >= 0.6 is 0 Å². The van der Waals surface area contributed by atoms with Gasteiger partial charge in [-0.15, -0.1) is 4.83 Å². The SMILES string of the molecule is COc1cc(/C=C/C(=O)O)cc(S(=O)(=O)NNC(=O)c2cccn2C)c1OC. The van der Waals surface area contributed by atoms with Gasteiger partial charge < -0.3 is 19.1 Å². The van der Waals surface area contributed by atoms with Gasteiger partial charge in [-0.2, -0.15) is 0 Å². The van der Waals surface area contributed by atoms with E-state index in [-0.39, 0.29) is 27.7 Å². The number of hydrazine groups is 1. The van der Waals surface area contributed by atoms with Crippen LogP contribution < -0.4 is 19.7 Å². The molecule has 1 aromatic carbocycles. The van der Waals surface area contributed by atoms with Crippen molar-refractivity contribution in [2.45, 2.75) is 4.90 Å². The largest absolute Gasteiger partial charge is 0.493 e. The summed E-state index contributed by atoms with van der Waals surface area (Å²) in [5, 5.41) is 8.77. The predicted molar refractivity (Wildman–Crippen MR) is 99.4 cm³/mol. The predicted octanol–water partition coefficient (Wildman–Crippen LogP) is 0.763. The molecule has 0 aliphatic carbocycles. The first-order valence-electron chi connectivity index (χ1n) is 7.80. The van der Waals surface area contributed by atoms with Crippen LogP contribution in [0.2, 0.25) is 0 Å². The molecule has 0 aliphatic rings. The van der Waals surface area contributed by atoms with E-state index in [4.69, 9.17) is 14.6 Å². The number of aliphatic carboxylic acids is 1. The van der Waals surface area contributed by atoms with Crippen LogP contribution in [-0.2, 0) is 21.9 Å². The molecule has 11 heteroatoms. The van der Waals surface area contributed by atoms with E-state index in [0.29, 0.717) is 0 Å². The van der Waals surface area contributed by atoms with Gasteiger partial charge in [0, 0.05) is 19.3 Å². The van der Waals surface area contributed by atoms with E-state index in [0.717, 1.165) is 6.08 Å². The number of carboxylic acid groups (broad SMARTS) is 1. The normalized spacial score (nSPS) is 11.4. The molecule has 0 radical (unpaired) electrons. The Morgan fingerprint density at radius 2 is 1.93 bits per heavy atom. The second-order valence-corrected chi connectivity index (χ2v) is 7.14. The van der Waals surface area contributed by atoms with E-state index in [1.54, 1.807) is 19.3 Å². The number of hydrogen-bond acceptors (Lipinski definition) is 6. The molecule has 0 fully saturated rings. The topological polar surface area (TPSA) is 136 Å². The number of hydrogen-bond donors (Lipinski definition) is 3. The van der Waals surface area contributed by atoms with Gasteiger partial charge in [0.2, 0.25) is 0 Å². The average Bonchev–Trinajstić information content (AvgIpc) is 3.09. The van der Waals surface area contributed by atoms with Gasteiger partial charge in [0.15, 0.2) is 11.5 Å². The summed E-state index contributed by atoms with van der Waals surface area (Å²) < 4.78 is 37.2. The molecule has 1 heterocycles. The zero-order valence-electron chi connectivity index (χ0n) is 15.3. The third kappa shape index (κ3) is 4.69. The van der Waals surface area contributed by atoms with Gasteiger partial charge in [-0.25, -0.2) is 13.2 Å². The number of carbonyl (C=O) groups excluding carboxylic acids is 1. The van der Waals surface area contributed by atoms with E-state index in [1.165, 1.54) is 43.1 Å². The number of rotatable bonds is 8. The van der Waals surface area contributed by atoms with Crippen LogP contribution in [0.15, 0.2) is 41.4 Å². The third-order valence-corrected chi connectivity index (χ3v) is 4.90. The molecule has 28 heavy (non-hydrogen) atoms. The molecule has 2 aromatic rings. The zero-order chi connectivity index (χ0) is 20.9. The fourth-order valence-corrected chi connectivity index (χ4v) is 3.40. The number of aromatic nitrogens is 1. The van der Waals surface area contributed by atoms with Crippen LogP contribution in [0.5, 0.6) is 11.5 Å². The van der Waals surface area contributed by atoms with Crippen LogP contribution in [0.4, 0.5) is 0 Å². The molecule has 0 saturated heterocycles. The number of methoxy groups -OCH3 is 2. The van der Waals surface area contributed by atoms with Crippen LogP contribution in [-0.4, -0.2) is 44.2 Å². The Morgan fingerprint density at radius 1 is 1.21 bits per heavy atom. The Morgan fingerprint density at radius 3 is 2.46 bits per heavy atom. The number of carboxylic acids is 1. The van der Waals surface area contributed by atoms with E-state index in [2.05, 4.69) is 5.43 Å². The molecular formula is C17H19N3O7S. The molecule has 0 saturated carbocycles. The van der Waals surface area contributed by atoms with Gasteiger partial charge in [0.25, 0.3) is 15.9 Å². The third-order valence-electron chi connectivity index (χ3n) is 3.65. The maximum absolute atomic E-state index is 12.7. The first-order chi connectivity index (χ1) is 13.2. The highest BCUT2D eigenvalue weighted by molar-refractivity contribution is 7.89. The number of sulfonamides is 1. The first-order valence-corrected chi connectivity index (χ1v) is 9.28. The van der Waals surface area contributed by atoms with Crippen molar-refractivity contribution in [2.24, 2.45) is 7.05 Å². The van der Waals surface area contributed by atoms with Crippen molar-refractivity contribution in [1.82, 2.24) is 14.8 Å². The minimum atomic E-state index is -4.27. The lowest BCUT2D eigenvalue weighted by Gasteiger charge is -2.15. The van der Waals surface area contributed by atoms with Crippen LogP contribution in [0.3, 0.4) is 0 Å². The van der Waals surface area contributed by atoms with Crippen molar-refractivity contribution in [3.05, 3.63) is 47.8 Å². The Bertz CT molecular complexity index is 1030. The Labute approximate surface area is 161 Å². The highest BCUT2D eigenvalue weighted by Crippen LogP contribution is 2.35. The molecule has 0 bridgehead atoms. The van der Waals surface area contributed by atoms with Gasteiger partial charge in [0.1, 0.15) is 10.6 Å². The second kappa shape index (κ2) is 8.59. The van der Waals surface area contributed by atoms with Crippen molar-refractivity contribution in [1.29, 1.82) is 0 Å². The Kier molecular flexibility index (Phi) is 6.44. The Hall–Kier alpha value is -3.31. The maximum Gasteiger partial charge on any atom is 0.328 e. The molecule has 1 amide bonds. The van der Waals surface area contributed by atoms with Crippen LogP contribution in [0, 0.1) is 0 Å². The number of aryl methyl sites for hydroxylation is 1. The van der Waals surface area contributed by atoms with Gasteiger partial charge in [-0.3, -0.25) is 10.2 Å². The number of carbonyl (C=O) groups is 2. The molecule has 3 N–H and O–H groups in total. The summed E-state index contributed by atoms with van der Waals surface area (Å²) in [6.45, 7) is 0. The molecule has 1 aromatic heterocycles. The van der Waals surface area contributed by atoms with Gasteiger partial charge in [-0.1, -0.05) is 0 Å². The average molecular weight is 409 g/mol. The number of benzene rings is 1. The molecular weight excluding hydrogens is 390 g/mol. The van der Waals surface area contributed by atoms with E-state index >= 15 is 0 Å². The van der Waals surface area contributed by atoms with E-state index < -0.39 is 21.9 Å². The van der Waals surface area contributed by atoms with Crippen LogP contribution in [0.1, 0.15) is 16.1 Å². The number of nitrogens with one attached hydrogen (secondary N) is 2. The lowest BCUT2D eigenvalue weighted by atomic mass is 10.2. The smallest absolute Gasteiger partial charge is 0.328 e. The molecule has 0 atom stereocenters. The highest BCUT2D eigenvalue weighted by Gasteiger charge is 2.25. The van der Waals surface area contributed by atoms with Crippen molar-refractivity contribution in [3.8, 4) is 11.5 Å². The first kappa shape index (κ1) is 21.0. The van der Waals surface area contributed by atoms with Crippen molar-refractivity contribution in [3.63, 3.8) is 0 Å². The van der Waals surface area contributed by atoms with Gasteiger partial charge in [0.05, 0.1) is 14.2 Å². The summed E-state index contributed by atoms with van der Waals surface area (Å²) in [5.74, 6) is -1.89. The van der Waals surface area contributed by atoms with Crippen LogP contribution in [0.25, 0.3) is 6.08 Å². The second-order valence-electron chi connectivity index (χ2n) is 5.49. The number of ether oxygens (including phenoxy) is 2. The van der Waals surface area contributed by atoms with Gasteiger partial charge >= 0.3 is 5.97 Å². The number of amides is 1. The van der Waals surface area contributed by atoms with Crippen molar-refractivity contribution in [2.75, 3.05) is 14.2 Å². The Balaban J connectivity index is 2.39. The fraction of sp³-hybridized carbons (Fsp3) is 0.176. The molecule has 0 spiro atoms. The molecule has 2 rings (SSSR count). The van der Waals surface area contributed by atoms with Crippen molar-refractivity contribution >= 4 is 28.0 Å². The lowest BCUT2D eigenvalue weighted by molar-refractivity contribution is -0.131. The van der Waals surface area contributed by atoms with Gasteiger partial charge in [-0.05, 0) is 35.9 Å².